The Hall–Kier alpha value is -1.17. The van der Waals surface area contributed by atoms with Crippen LogP contribution < -0.4 is 5.32 Å². The second-order valence-corrected chi connectivity index (χ2v) is 6.42. The molecular formula is C18H29N3OS. The highest BCUT2D eigenvalue weighted by Gasteiger charge is 2.18. The van der Waals surface area contributed by atoms with E-state index in [4.69, 9.17) is 17.0 Å². The zero-order valence-corrected chi connectivity index (χ0v) is 15.2. The van der Waals surface area contributed by atoms with Gasteiger partial charge in [0.25, 0.3) is 0 Å². The average Bonchev–Trinajstić information content (AvgIpc) is 2.57. The second-order valence-electron chi connectivity index (χ2n) is 6.03. The summed E-state index contributed by atoms with van der Waals surface area (Å²) in [5.74, 6) is 0. The van der Waals surface area contributed by atoms with Crippen LogP contribution in [0.1, 0.15) is 24.5 Å². The molecule has 1 aliphatic rings. The maximum Gasteiger partial charge on any atom is 0.169 e. The van der Waals surface area contributed by atoms with Crippen LogP contribution in [0.2, 0.25) is 0 Å². The first-order chi connectivity index (χ1) is 11.2. The molecule has 0 radical (unpaired) electrons. The van der Waals surface area contributed by atoms with Gasteiger partial charge in [-0.1, -0.05) is 29.8 Å². The molecule has 0 spiro atoms. The lowest BCUT2D eigenvalue weighted by atomic mass is 10.1. The Labute approximate surface area is 145 Å². The fourth-order valence-corrected chi connectivity index (χ4v) is 2.97. The summed E-state index contributed by atoms with van der Waals surface area (Å²) < 4.78 is 5.34. The van der Waals surface area contributed by atoms with Crippen LogP contribution in [0.3, 0.4) is 0 Å². The fraction of sp³-hybridized carbons (Fsp3) is 0.611. The van der Waals surface area contributed by atoms with Crippen molar-refractivity contribution in [3.05, 3.63) is 35.4 Å². The zero-order valence-electron chi connectivity index (χ0n) is 14.4. The molecule has 1 heterocycles. The van der Waals surface area contributed by atoms with Crippen LogP contribution in [0.15, 0.2) is 24.3 Å². The highest BCUT2D eigenvalue weighted by Crippen LogP contribution is 2.10. The first kappa shape index (κ1) is 18.2. The van der Waals surface area contributed by atoms with Gasteiger partial charge >= 0.3 is 0 Å². The highest BCUT2D eigenvalue weighted by molar-refractivity contribution is 7.80. The van der Waals surface area contributed by atoms with Crippen molar-refractivity contribution in [2.45, 2.75) is 26.8 Å². The molecule has 0 unspecified atom stereocenters. The lowest BCUT2D eigenvalue weighted by Crippen LogP contribution is -2.51. The highest BCUT2D eigenvalue weighted by atomic mass is 32.1. The van der Waals surface area contributed by atoms with Crippen LogP contribution in [-0.4, -0.2) is 60.8 Å². The molecule has 0 aliphatic carbocycles. The van der Waals surface area contributed by atoms with Gasteiger partial charge in [0, 0.05) is 52.5 Å². The Bertz CT molecular complexity index is 470. The van der Waals surface area contributed by atoms with Gasteiger partial charge in [-0.15, -0.1) is 0 Å². The molecule has 1 aliphatic heterocycles. The number of aryl methyl sites for hydroxylation is 1. The van der Waals surface area contributed by atoms with Crippen molar-refractivity contribution in [2.75, 3.05) is 45.9 Å². The van der Waals surface area contributed by atoms with E-state index >= 15 is 0 Å². The number of thiocarbonyl (C=S) groups is 1. The monoisotopic (exact) mass is 335 g/mol. The average molecular weight is 336 g/mol. The van der Waals surface area contributed by atoms with Crippen molar-refractivity contribution in [3.63, 3.8) is 0 Å². The van der Waals surface area contributed by atoms with Crippen molar-refractivity contribution >= 4 is 17.3 Å². The normalized spacial score (nSPS) is 15.7. The SMILES string of the molecule is CCOCCCNC(=S)N1CCN(Cc2ccc(C)cc2)CC1. The second kappa shape index (κ2) is 9.85. The summed E-state index contributed by atoms with van der Waals surface area (Å²) in [6.07, 6.45) is 1.00. The van der Waals surface area contributed by atoms with E-state index in [2.05, 4.69) is 46.3 Å². The fourth-order valence-electron chi connectivity index (χ4n) is 2.69. The summed E-state index contributed by atoms with van der Waals surface area (Å²) in [7, 11) is 0. The van der Waals surface area contributed by atoms with Gasteiger partial charge in [-0.05, 0) is 38.0 Å². The molecule has 1 N–H and O–H groups in total. The molecule has 4 nitrogen and oxygen atoms in total. The lowest BCUT2D eigenvalue weighted by molar-refractivity contribution is 0.145. The predicted octanol–water partition coefficient (Wildman–Crippen LogP) is 2.41. The first-order valence-electron chi connectivity index (χ1n) is 8.57. The van der Waals surface area contributed by atoms with Gasteiger partial charge in [0.15, 0.2) is 5.11 Å². The topological polar surface area (TPSA) is 27.7 Å². The van der Waals surface area contributed by atoms with Gasteiger partial charge in [0.1, 0.15) is 0 Å². The number of hydrogen-bond donors (Lipinski definition) is 1. The van der Waals surface area contributed by atoms with Crippen molar-refractivity contribution < 1.29 is 4.74 Å². The Morgan fingerprint density at radius 2 is 1.87 bits per heavy atom. The number of benzene rings is 1. The molecule has 0 saturated carbocycles. The summed E-state index contributed by atoms with van der Waals surface area (Å²) in [5, 5.41) is 4.23. The smallest absolute Gasteiger partial charge is 0.169 e. The molecule has 2 rings (SSSR count). The molecule has 1 saturated heterocycles. The van der Waals surface area contributed by atoms with Crippen molar-refractivity contribution in [1.82, 2.24) is 15.1 Å². The van der Waals surface area contributed by atoms with Crippen LogP contribution in [0.4, 0.5) is 0 Å². The largest absolute Gasteiger partial charge is 0.382 e. The number of nitrogens with one attached hydrogen (secondary N) is 1. The zero-order chi connectivity index (χ0) is 16.5. The molecule has 0 amide bonds. The van der Waals surface area contributed by atoms with E-state index in [-0.39, 0.29) is 0 Å². The quantitative estimate of drug-likeness (QED) is 0.610. The maximum absolute atomic E-state index is 5.49. The Kier molecular flexibility index (Phi) is 7.79. The van der Waals surface area contributed by atoms with Crippen LogP contribution in [0, 0.1) is 6.92 Å². The number of nitrogens with zero attached hydrogens (tertiary/aromatic N) is 2. The van der Waals surface area contributed by atoms with Crippen molar-refractivity contribution in [3.8, 4) is 0 Å². The Balaban J connectivity index is 1.65. The molecule has 1 aromatic rings. The van der Waals surface area contributed by atoms with Crippen molar-refractivity contribution in [1.29, 1.82) is 0 Å². The summed E-state index contributed by atoms with van der Waals surface area (Å²) >= 11 is 5.49. The summed E-state index contributed by atoms with van der Waals surface area (Å²) in [5.41, 5.74) is 2.71. The molecule has 0 atom stereocenters. The molecule has 0 bridgehead atoms. The minimum Gasteiger partial charge on any atom is -0.382 e. The van der Waals surface area contributed by atoms with Crippen LogP contribution in [0.25, 0.3) is 0 Å². The number of ether oxygens (including phenoxy) is 1. The van der Waals surface area contributed by atoms with Gasteiger partial charge in [-0.25, -0.2) is 0 Å². The molecule has 128 valence electrons. The summed E-state index contributed by atoms with van der Waals surface area (Å²) in [6.45, 7) is 11.8. The first-order valence-corrected chi connectivity index (χ1v) is 8.98. The van der Waals surface area contributed by atoms with E-state index in [1.807, 2.05) is 6.92 Å². The minimum atomic E-state index is 0.785. The van der Waals surface area contributed by atoms with Gasteiger partial charge in [-0.3, -0.25) is 4.90 Å². The predicted molar refractivity (Wildman–Crippen MR) is 99.7 cm³/mol. The Morgan fingerprint density at radius 3 is 2.52 bits per heavy atom. The lowest BCUT2D eigenvalue weighted by Gasteiger charge is -2.36. The van der Waals surface area contributed by atoms with E-state index in [0.717, 1.165) is 64.0 Å². The van der Waals surface area contributed by atoms with Gasteiger partial charge in [-0.2, -0.15) is 0 Å². The molecular weight excluding hydrogens is 306 g/mol. The Morgan fingerprint density at radius 1 is 1.17 bits per heavy atom. The minimum absolute atomic E-state index is 0.785. The van der Waals surface area contributed by atoms with E-state index in [0.29, 0.717) is 0 Å². The van der Waals surface area contributed by atoms with E-state index in [1.54, 1.807) is 0 Å². The van der Waals surface area contributed by atoms with Crippen LogP contribution in [0.5, 0.6) is 0 Å². The molecule has 23 heavy (non-hydrogen) atoms. The third-order valence-corrected chi connectivity index (χ3v) is 4.53. The van der Waals surface area contributed by atoms with E-state index < -0.39 is 0 Å². The molecule has 1 aromatic carbocycles. The van der Waals surface area contributed by atoms with E-state index in [9.17, 15) is 0 Å². The van der Waals surface area contributed by atoms with Gasteiger partial charge < -0.3 is 15.0 Å². The third kappa shape index (κ3) is 6.45. The standard InChI is InChI=1S/C18H29N3OS/c1-3-22-14-4-9-19-18(23)21-12-10-20(11-13-21)15-17-7-5-16(2)6-8-17/h5-8H,3-4,9-15H2,1-2H3,(H,19,23). The number of rotatable bonds is 7. The number of piperazine rings is 1. The van der Waals surface area contributed by atoms with Crippen LogP contribution >= 0.6 is 12.2 Å². The van der Waals surface area contributed by atoms with Gasteiger partial charge in [0.05, 0.1) is 0 Å². The van der Waals surface area contributed by atoms with Crippen LogP contribution in [-0.2, 0) is 11.3 Å². The summed E-state index contributed by atoms with van der Waals surface area (Å²) in [4.78, 5) is 4.78. The molecule has 0 aromatic heterocycles. The molecule has 1 fully saturated rings. The molecule has 5 heteroatoms. The summed E-state index contributed by atoms with van der Waals surface area (Å²) in [6, 6.07) is 8.83. The van der Waals surface area contributed by atoms with Crippen molar-refractivity contribution in [2.24, 2.45) is 0 Å². The van der Waals surface area contributed by atoms with E-state index in [1.165, 1.54) is 11.1 Å². The third-order valence-electron chi connectivity index (χ3n) is 4.13. The van der Waals surface area contributed by atoms with Gasteiger partial charge in [0.2, 0.25) is 0 Å². The maximum atomic E-state index is 5.49. The number of hydrogen-bond acceptors (Lipinski definition) is 3.